The molecule has 5 nitrogen and oxygen atoms in total. The molecule has 0 saturated carbocycles. The zero-order chi connectivity index (χ0) is 15.8. The smallest absolute Gasteiger partial charge is 0.321 e. The summed E-state index contributed by atoms with van der Waals surface area (Å²) in [6, 6.07) is 2.85. The van der Waals surface area contributed by atoms with Crippen molar-refractivity contribution < 1.29 is 23.7 Å². The second kappa shape index (κ2) is 8.31. The number of hydrogen-bond donors (Lipinski definition) is 3. The molecular formula is C14H20F2N3O2+. The fourth-order valence-corrected chi connectivity index (χ4v) is 1.68. The van der Waals surface area contributed by atoms with Gasteiger partial charge in [0.05, 0.1) is 0 Å². The lowest BCUT2D eigenvalue weighted by Gasteiger charge is -2.11. The van der Waals surface area contributed by atoms with E-state index >= 15 is 0 Å². The van der Waals surface area contributed by atoms with Crippen LogP contribution in [-0.2, 0) is 4.79 Å². The second-order valence-corrected chi connectivity index (χ2v) is 4.71. The molecule has 1 aromatic rings. The Labute approximate surface area is 122 Å². The van der Waals surface area contributed by atoms with Crippen LogP contribution in [0.1, 0.15) is 31.9 Å². The Bertz CT molecular complexity index is 509. The van der Waals surface area contributed by atoms with Crippen molar-refractivity contribution in [3.05, 3.63) is 35.4 Å². The van der Waals surface area contributed by atoms with Gasteiger partial charge in [-0.1, -0.05) is 6.92 Å². The van der Waals surface area contributed by atoms with Gasteiger partial charge in [-0.2, -0.15) is 0 Å². The molecular weight excluding hydrogens is 280 g/mol. The lowest BCUT2D eigenvalue weighted by atomic mass is 10.1. The van der Waals surface area contributed by atoms with Crippen molar-refractivity contribution in [3.8, 4) is 0 Å². The number of hydrogen-bond acceptors (Lipinski definition) is 2. The van der Waals surface area contributed by atoms with Gasteiger partial charge in [-0.3, -0.25) is 10.1 Å². The largest absolute Gasteiger partial charge is 0.338 e. The highest BCUT2D eigenvalue weighted by atomic mass is 19.2. The van der Waals surface area contributed by atoms with Crippen LogP contribution in [0.3, 0.4) is 0 Å². The Morgan fingerprint density at radius 2 is 2.00 bits per heavy atom. The molecule has 0 aliphatic rings. The minimum Gasteiger partial charge on any atom is -0.338 e. The Balaban J connectivity index is 2.41. The van der Waals surface area contributed by atoms with E-state index in [1.54, 1.807) is 12.2 Å². The fourth-order valence-electron chi connectivity index (χ4n) is 1.68. The van der Waals surface area contributed by atoms with Crippen LogP contribution in [0.5, 0.6) is 0 Å². The van der Waals surface area contributed by atoms with E-state index in [1.807, 2.05) is 6.92 Å². The van der Waals surface area contributed by atoms with Gasteiger partial charge in [-0.05, 0) is 31.5 Å². The molecule has 1 rings (SSSR count). The zero-order valence-corrected chi connectivity index (χ0v) is 12.1. The van der Waals surface area contributed by atoms with Crippen molar-refractivity contribution in [2.24, 2.45) is 0 Å². The van der Waals surface area contributed by atoms with Crippen molar-refractivity contribution in [2.75, 3.05) is 13.1 Å². The molecule has 1 atom stereocenters. The first kappa shape index (κ1) is 17.0. The zero-order valence-electron chi connectivity index (χ0n) is 12.1. The van der Waals surface area contributed by atoms with E-state index in [0.29, 0.717) is 12.1 Å². The second-order valence-electron chi connectivity index (χ2n) is 4.71. The summed E-state index contributed by atoms with van der Waals surface area (Å²) in [4.78, 5) is 22.8. The lowest BCUT2D eigenvalue weighted by Crippen LogP contribution is -2.87. The first-order chi connectivity index (χ1) is 9.93. The topological polar surface area (TPSA) is 74.8 Å². The maximum atomic E-state index is 13.1. The summed E-state index contributed by atoms with van der Waals surface area (Å²) in [6.07, 6.45) is 0.779. The van der Waals surface area contributed by atoms with Crippen LogP contribution < -0.4 is 16.0 Å². The molecule has 3 amide bonds. The molecule has 0 unspecified atom stereocenters. The number of carbonyl (C=O) groups excluding carboxylic acids is 2. The summed E-state index contributed by atoms with van der Waals surface area (Å²) in [5.41, 5.74) is 0.567. The van der Waals surface area contributed by atoms with Gasteiger partial charge in [0.2, 0.25) is 0 Å². The van der Waals surface area contributed by atoms with Gasteiger partial charge in [0.1, 0.15) is 6.04 Å². The van der Waals surface area contributed by atoms with Gasteiger partial charge < -0.3 is 10.6 Å². The Morgan fingerprint density at radius 3 is 2.62 bits per heavy atom. The van der Waals surface area contributed by atoms with Gasteiger partial charge in [0.15, 0.2) is 18.2 Å². The number of quaternary nitrogens is 1. The highest BCUT2D eigenvalue weighted by Gasteiger charge is 2.15. The molecule has 116 valence electrons. The average Bonchev–Trinajstić information content (AvgIpc) is 2.45. The van der Waals surface area contributed by atoms with Gasteiger partial charge in [0, 0.05) is 12.1 Å². The Morgan fingerprint density at radius 1 is 1.29 bits per heavy atom. The predicted octanol–water partition coefficient (Wildman–Crippen LogP) is 0.825. The number of carbonyl (C=O) groups is 2. The molecule has 0 fully saturated rings. The van der Waals surface area contributed by atoms with Gasteiger partial charge in [0.25, 0.3) is 5.91 Å². The third-order valence-corrected chi connectivity index (χ3v) is 2.91. The summed E-state index contributed by atoms with van der Waals surface area (Å²) in [7, 11) is 0. The molecule has 4 N–H and O–H groups in total. The number of urea groups is 1. The van der Waals surface area contributed by atoms with E-state index in [2.05, 4.69) is 10.6 Å². The van der Waals surface area contributed by atoms with E-state index in [-0.39, 0.29) is 12.6 Å². The molecule has 0 bridgehead atoms. The molecule has 0 radical (unpaired) electrons. The molecule has 0 heterocycles. The quantitative estimate of drug-likeness (QED) is 0.728. The minimum atomic E-state index is -0.920. The summed E-state index contributed by atoms with van der Waals surface area (Å²) in [5, 5.41) is 6.34. The molecule has 7 heteroatoms. The van der Waals surface area contributed by atoms with E-state index in [9.17, 15) is 18.4 Å². The van der Waals surface area contributed by atoms with E-state index in [4.69, 9.17) is 0 Å². The van der Waals surface area contributed by atoms with E-state index in [1.165, 1.54) is 6.07 Å². The normalized spacial score (nSPS) is 11.8. The first-order valence-electron chi connectivity index (χ1n) is 6.80. The number of halogens is 2. The minimum absolute atomic E-state index is 0.0136. The van der Waals surface area contributed by atoms with Crippen molar-refractivity contribution >= 4 is 11.9 Å². The maximum Gasteiger partial charge on any atom is 0.321 e. The monoisotopic (exact) mass is 300 g/mol. The SMILES string of the molecule is CCCNC(=O)NC(=O)C[NH2+][C@@H](C)c1ccc(F)c(F)c1. The van der Waals surface area contributed by atoms with Gasteiger partial charge in [-0.15, -0.1) is 0 Å². The van der Waals surface area contributed by atoms with Crippen LogP contribution in [0, 0.1) is 11.6 Å². The molecule has 0 aliphatic heterocycles. The van der Waals surface area contributed by atoms with Gasteiger partial charge in [-0.25, -0.2) is 13.6 Å². The fraction of sp³-hybridized carbons (Fsp3) is 0.429. The highest BCUT2D eigenvalue weighted by molar-refractivity contribution is 5.94. The van der Waals surface area contributed by atoms with Crippen LogP contribution in [0.25, 0.3) is 0 Å². The highest BCUT2D eigenvalue weighted by Crippen LogP contribution is 2.12. The molecule has 0 saturated heterocycles. The van der Waals surface area contributed by atoms with Crippen LogP contribution in [0.4, 0.5) is 13.6 Å². The number of benzene rings is 1. The summed E-state index contributed by atoms with van der Waals surface area (Å²) < 4.78 is 25.9. The van der Waals surface area contributed by atoms with Crippen molar-refractivity contribution in [2.45, 2.75) is 26.3 Å². The standard InChI is InChI=1S/C14H19F2N3O2/c1-3-6-17-14(21)19-13(20)8-18-9(2)10-4-5-11(15)12(16)7-10/h4-5,7,9,18H,3,6,8H2,1-2H3,(H2,17,19,20,21)/p+1/t9-/m0/s1. The number of amides is 3. The maximum absolute atomic E-state index is 13.1. The molecule has 0 spiro atoms. The molecule has 1 aromatic carbocycles. The van der Waals surface area contributed by atoms with Gasteiger partial charge >= 0.3 is 6.03 Å². The van der Waals surface area contributed by atoms with E-state index in [0.717, 1.165) is 18.6 Å². The van der Waals surface area contributed by atoms with Crippen molar-refractivity contribution in [1.82, 2.24) is 10.6 Å². The third-order valence-electron chi connectivity index (χ3n) is 2.91. The Hall–Kier alpha value is -2.02. The number of rotatable bonds is 6. The van der Waals surface area contributed by atoms with E-state index < -0.39 is 23.6 Å². The lowest BCUT2D eigenvalue weighted by molar-refractivity contribution is -0.682. The third kappa shape index (κ3) is 5.86. The molecule has 0 aromatic heterocycles. The predicted molar refractivity (Wildman–Crippen MR) is 73.4 cm³/mol. The summed E-state index contributed by atoms with van der Waals surface area (Å²) in [5.74, 6) is -2.27. The van der Waals surface area contributed by atoms with Crippen LogP contribution in [0.2, 0.25) is 0 Å². The van der Waals surface area contributed by atoms with Crippen LogP contribution in [0.15, 0.2) is 18.2 Å². The van der Waals surface area contributed by atoms with Crippen LogP contribution >= 0.6 is 0 Å². The molecule has 0 aliphatic carbocycles. The average molecular weight is 300 g/mol. The van der Waals surface area contributed by atoms with Crippen molar-refractivity contribution in [3.63, 3.8) is 0 Å². The summed E-state index contributed by atoms with van der Waals surface area (Å²) >= 11 is 0. The Kier molecular flexibility index (Phi) is 6.74. The number of nitrogens with two attached hydrogens (primary N) is 1. The van der Waals surface area contributed by atoms with Crippen LogP contribution in [-0.4, -0.2) is 25.0 Å². The van der Waals surface area contributed by atoms with Crippen molar-refractivity contribution in [1.29, 1.82) is 0 Å². The first-order valence-corrected chi connectivity index (χ1v) is 6.80. The number of imide groups is 1. The number of nitrogens with one attached hydrogen (secondary N) is 2. The summed E-state index contributed by atoms with van der Waals surface area (Å²) in [6.45, 7) is 4.17. The molecule has 21 heavy (non-hydrogen) atoms.